The third-order valence-electron chi connectivity index (χ3n) is 5.24. The number of aliphatic hydroxyl groups excluding tert-OH is 1. The van der Waals surface area contributed by atoms with Gasteiger partial charge in [0.2, 0.25) is 0 Å². The summed E-state index contributed by atoms with van der Waals surface area (Å²) in [6, 6.07) is 12.7. The molecule has 2 aromatic rings. The van der Waals surface area contributed by atoms with Gasteiger partial charge in [-0.25, -0.2) is 8.42 Å². The molecule has 1 aliphatic heterocycles. The zero-order chi connectivity index (χ0) is 21.9. The van der Waals surface area contributed by atoms with E-state index in [2.05, 4.69) is 0 Å². The van der Waals surface area contributed by atoms with Crippen LogP contribution in [0.5, 0.6) is 5.75 Å². The number of benzene rings is 2. The lowest BCUT2D eigenvalue weighted by molar-refractivity contribution is 0.0729. The lowest BCUT2D eigenvalue weighted by Crippen LogP contribution is -2.31. The van der Waals surface area contributed by atoms with Gasteiger partial charge in [0.25, 0.3) is 5.91 Å². The topological polar surface area (TPSA) is 83.9 Å². The number of ether oxygens (including phenoxy) is 1. The van der Waals surface area contributed by atoms with E-state index in [0.717, 1.165) is 11.1 Å². The predicted molar refractivity (Wildman–Crippen MR) is 116 cm³/mol. The SMILES string of the molecule is CCCS(=O)(=O)Cc1cccc(OC2CN(C(=O)c3cc(C)ccc3C)CC2O)c1. The van der Waals surface area contributed by atoms with Crippen LogP contribution in [0.2, 0.25) is 0 Å². The molecule has 30 heavy (non-hydrogen) atoms. The van der Waals surface area contributed by atoms with Gasteiger partial charge in [0.1, 0.15) is 18.0 Å². The average molecular weight is 432 g/mol. The summed E-state index contributed by atoms with van der Waals surface area (Å²) in [6.45, 7) is 6.14. The number of carbonyl (C=O) groups is 1. The Labute approximate surface area is 178 Å². The molecular weight excluding hydrogens is 402 g/mol. The number of hydrogen-bond donors (Lipinski definition) is 1. The largest absolute Gasteiger partial charge is 0.486 e. The van der Waals surface area contributed by atoms with Gasteiger partial charge in [-0.15, -0.1) is 0 Å². The molecule has 0 aromatic heterocycles. The molecule has 2 aromatic carbocycles. The van der Waals surface area contributed by atoms with Gasteiger partial charge in [-0.05, 0) is 49.6 Å². The fraction of sp³-hybridized carbons (Fsp3) is 0.435. The van der Waals surface area contributed by atoms with Gasteiger partial charge in [-0.2, -0.15) is 0 Å². The monoisotopic (exact) mass is 431 g/mol. The van der Waals surface area contributed by atoms with E-state index in [9.17, 15) is 18.3 Å². The second kappa shape index (κ2) is 9.18. The lowest BCUT2D eigenvalue weighted by Gasteiger charge is -2.18. The van der Waals surface area contributed by atoms with E-state index in [1.54, 1.807) is 29.2 Å². The molecule has 0 saturated carbocycles. The van der Waals surface area contributed by atoms with Gasteiger partial charge in [0, 0.05) is 5.56 Å². The van der Waals surface area contributed by atoms with Crippen molar-refractivity contribution >= 4 is 15.7 Å². The number of β-amino-alcohol motifs (C(OH)–C–C–N with tert-alkyl or cyclic N) is 1. The highest BCUT2D eigenvalue weighted by atomic mass is 32.2. The van der Waals surface area contributed by atoms with Crippen LogP contribution in [0.4, 0.5) is 0 Å². The summed E-state index contributed by atoms with van der Waals surface area (Å²) in [5.74, 6) is 0.474. The number of nitrogens with zero attached hydrogens (tertiary/aromatic N) is 1. The molecule has 1 aliphatic rings. The quantitative estimate of drug-likeness (QED) is 0.729. The molecule has 7 heteroatoms. The van der Waals surface area contributed by atoms with E-state index in [-0.39, 0.29) is 30.5 Å². The van der Waals surface area contributed by atoms with E-state index in [0.29, 0.717) is 23.3 Å². The van der Waals surface area contributed by atoms with Crippen LogP contribution in [0.15, 0.2) is 42.5 Å². The van der Waals surface area contributed by atoms with E-state index in [1.165, 1.54) is 0 Å². The number of hydrogen-bond acceptors (Lipinski definition) is 5. The lowest BCUT2D eigenvalue weighted by atomic mass is 10.0. The van der Waals surface area contributed by atoms with Crippen LogP contribution in [0.1, 0.15) is 40.4 Å². The highest BCUT2D eigenvalue weighted by Gasteiger charge is 2.36. The summed E-state index contributed by atoms with van der Waals surface area (Å²) in [5, 5.41) is 10.5. The van der Waals surface area contributed by atoms with Crippen LogP contribution in [0.3, 0.4) is 0 Å². The standard InChI is InChI=1S/C23H29NO5S/c1-4-10-30(27,28)15-18-6-5-7-19(12-18)29-22-14-24(13-21(22)25)23(26)20-11-16(2)8-9-17(20)3/h5-9,11-12,21-22,25H,4,10,13-15H2,1-3H3. The van der Waals surface area contributed by atoms with Gasteiger partial charge < -0.3 is 14.7 Å². The van der Waals surface area contributed by atoms with Crippen molar-refractivity contribution in [3.8, 4) is 5.75 Å². The summed E-state index contributed by atoms with van der Waals surface area (Å²) in [7, 11) is -3.16. The molecule has 162 valence electrons. The highest BCUT2D eigenvalue weighted by molar-refractivity contribution is 7.90. The van der Waals surface area contributed by atoms with Crippen molar-refractivity contribution in [1.29, 1.82) is 0 Å². The van der Waals surface area contributed by atoms with Gasteiger partial charge in [0.05, 0.1) is 24.6 Å². The number of likely N-dealkylation sites (tertiary alicyclic amines) is 1. The molecule has 2 unspecified atom stereocenters. The molecule has 0 spiro atoms. The second-order valence-corrected chi connectivity index (χ2v) is 10.2. The second-order valence-electron chi connectivity index (χ2n) is 7.99. The van der Waals surface area contributed by atoms with E-state index in [1.807, 2.05) is 39.0 Å². The van der Waals surface area contributed by atoms with Gasteiger partial charge in [-0.3, -0.25) is 4.79 Å². The Balaban J connectivity index is 1.69. The third kappa shape index (κ3) is 5.40. The summed E-state index contributed by atoms with van der Waals surface area (Å²) in [5.41, 5.74) is 3.18. The Morgan fingerprint density at radius 2 is 1.93 bits per heavy atom. The number of aliphatic hydroxyl groups is 1. The number of rotatable bonds is 7. The first-order valence-corrected chi connectivity index (χ1v) is 12.0. The number of amides is 1. The molecule has 1 saturated heterocycles. The molecule has 1 fully saturated rings. The molecule has 0 aliphatic carbocycles. The van der Waals surface area contributed by atoms with Gasteiger partial charge in [-0.1, -0.05) is 36.8 Å². The van der Waals surface area contributed by atoms with Crippen molar-refractivity contribution in [2.45, 2.75) is 45.2 Å². The smallest absolute Gasteiger partial charge is 0.254 e. The normalized spacial score (nSPS) is 19.1. The average Bonchev–Trinajstić information content (AvgIpc) is 3.03. The predicted octanol–water partition coefficient (Wildman–Crippen LogP) is 2.89. The van der Waals surface area contributed by atoms with Crippen LogP contribution in [-0.4, -0.2) is 55.4 Å². The molecule has 6 nitrogen and oxygen atoms in total. The van der Waals surface area contributed by atoms with Crippen LogP contribution in [-0.2, 0) is 15.6 Å². The van der Waals surface area contributed by atoms with E-state index >= 15 is 0 Å². The van der Waals surface area contributed by atoms with Crippen molar-refractivity contribution in [3.63, 3.8) is 0 Å². The number of sulfone groups is 1. The minimum Gasteiger partial charge on any atom is -0.486 e. The van der Waals surface area contributed by atoms with Crippen LogP contribution >= 0.6 is 0 Å². The van der Waals surface area contributed by atoms with Crippen LogP contribution in [0, 0.1) is 13.8 Å². The van der Waals surface area contributed by atoms with Crippen LogP contribution < -0.4 is 4.74 Å². The Morgan fingerprint density at radius 1 is 1.17 bits per heavy atom. The molecule has 0 radical (unpaired) electrons. The molecule has 1 N–H and O–H groups in total. The zero-order valence-electron chi connectivity index (χ0n) is 17.7. The first-order chi connectivity index (χ1) is 14.2. The fourth-order valence-corrected chi connectivity index (χ4v) is 5.15. The van der Waals surface area contributed by atoms with Crippen molar-refractivity contribution in [3.05, 3.63) is 64.7 Å². The first kappa shape index (κ1) is 22.3. The van der Waals surface area contributed by atoms with Crippen molar-refractivity contribution in [2.75, 3.05) is 18.8 Å². The molecule has 2 atom stereocenters. The summed E-state index contributed by atoms with van der Waals surface area (Å²) < 4.78 is 30.1. The van der Waals surface area contributed by atoms with E-state index < -0.39 is 22.0 Å². The minimum atomic E-state index is -3.16. The molecular formula is C23H29NO5S. The minimum absolute atomic E-state index is 0.0392. The highest BCUT2D eigenvalue weighted by Crippen LogP contribution is 2.23. The Kier molecular flexibility index (Phi) is 6.83. The molecule has 1 heterocycles. The number of carbonyl (C=O) groups excluding carboxylic acids is 1. The van der Waals surface area contributed by atoms with Gasteiger partial charge >= 0.3 is 0 Å². The van der Waals surface area contributed by atoms with E-state index in [4.69, 9.17) is 4.74 Å². The summed E-state index contributed by atoms with van der Waals surface area (Å²) >= 11 is 0. The Hall–Kier alpha value is -2.38. The summed E-state index contributed by atoms with van der Waals surface area (Å²) in [6.07, 6.45) is -0.801. The third-order valence-corrected chi connectivity index (χ3v) is 7.04. The maximum absolute atomic E-state index is 12.9. The molecule has 0 bridgehead atoms. The maximum atomic E-state index is 12.9. The van der Waals surface area contributed by atoms with Crippen molar-refractivity contribution in [2.24, 2.45) is 0 Å². The zero-order valence-corrected chi connectivity index (χ0v) is 18.5. The maximum Gasteiger partial charge on any atom is 0.254 e. The van der Waals surface area contributed by atoms with Crippen LogP contribution in [0.25, 0.3) is 0 Å². The number of aryl methyl sites for hydroxylation is 2. The van der Waals surface area contributed by atoms with Gasteiger partial charge in [0.15, 0.2) is 9.84 Å². The summed E-state index contributed by atoms with van der Waals surface area (Å²) in [4.78, 5) is 14.5. The Morgan fingerprint density at radius 3 is 2.67 bits per heavy atom. The molecule has 1 amide bonds. The Bertz CT molecular complexity index is 1020. The first-order valence-electron chi connectivity index (χ1n) is 10.2. The van der Waals surface area contributed by atoms with Crippen molar-refractivity contribution in [1.82, 2.24) is 4.90 Å². The molecule has 3 rings (SSSR count). The fourth-order valence-electron chi connectivity index (χ4n) is 3.70. The van der Waals surface area contributed by atoms with Crippen molar-refractivity contribution < 1.29 is 23.1 Å².